The number of methoxy groups -OCH3 is 1. The van der Waals surface area contributed by atoms with E-state index < -0.39 is 0 Å². The second-order valence-corrected chi connectivity index (χ2v) is 7.16. The maximum atomic E-state index is 13.2. The van der Waals surface area contributed by atoms with E-state index in [0.29, 0.717) is 18.2 Å². The summed E-state index contributed by atoms with van der Waals surface area (Å²) < 4.78 is 12.6. The third-order valence-electron chi connectivity index (χ3n) is 5.59. The fourth-order valence-corrected chi connectivity index (χ4v) is 4.13. The standard InChI is InChI=1S/C20H25N3O3/c1-22-8-5-18(21-22)20(24)23-13-15-3-4-17(25-2)11-16(15)12-19(23)14-6-9-26-10-7-14/h3-5,8,11,14,19H,6-7,9-10,12-13H2,1-2H3/t19-/m0/s1. The molecule has 0 unspecified atom stereocenters. The van der Waals surface area contributed by atoms with Gasteiger partial charge in [-0.05, 0) is 54.5 Å². The Labute approximate surface area is 153 Å². The highest BCUT2D eigenvalue weighted by Gasteiger charge is 2.37. The summed E-state index contributed by atoms with van der Waals surface area (Å²) in [5.41, 5.74) is 2.99. The highest BCUT2D eigenvalue weighted by atomic mass is 16.5. The number of rotatable bonds is 3. The van der Waals surface area contributed by atoms with Crippen LogP contribution >= 0.6 is 0 Å². The van der Waals surface area contributed by atoms with E-state index in [1.54, 1.807) is 17.9 Å². The van der Waals surface area contributed by atoms with Gasteiger partial charge in [0.25, 0.3) is 5.91 Å². The molecule has 138 valence electrons. The highest BCUT2D eigenvalue weighted by Crippen LogP contribution is 2.34. The number of carbonyl (C=O) groups excluding carboxylic acids is 1. The Morgan fingerprint density at radius 2 is 2.04 bits per heavy atom. The van der Waals surface area contributed by atoms with Crippen molar-refractivity contribution in [1.82, 2.24) is 14.7 Å². The van der Waals surface area contributed by atoms with E-state index >= 15 is 0 Å². The molecule has 2 aliphatic rings. The summed E-state index contributed by atoms with van der Waals surface area (Å²) in [6, 6.07) is 8.13. The van der Waals surface area contributed by atoms with E-state index in [4.69, 9.17) is 9.47 Å². The zero-order chi connectivity index (χ0) is 18.1. The minimum Gasteiger partial charge on any atom is -0.497 e. The van der Waals surface area contributed by atoms with Crippen molar-refractivity contribution < 1.29 is 14.3 Å². The monoisotopic (exact) mass is 355 g/mol. The largest absolute Gasteiger partial charge is 0.497 e. The van der Waals surface area contributed by atoms with Crippen LogP contribution in [0.4, 0.5) is 0 Å². The Balaban J connectivity index is 1.67. The van der Waals surface area contributed by atoms with Gasteiger partial charge in [0.1, 0.15) is 11.4 Å². The molecule has 1 fully saturated rings. The number of carbonyl (C=O) groups is 1. The molecular formula is C20H25N3O3. The predicted octanol–water partition coefficient (Wildman–Crippen LogP) is 2.42. The lowest BCUT2D eigenvalue weighted by atomic mass is 9.82. The first kappa shape index (κ1) is 17.1. The van der Waals surface area contributed by atoms with E-state index in [0.717, 1.165) is 38.2 Å². The summed E-state index contributed by atoms with van der Waals surface area (Å²) in [6.07, 6.45) is 4.67. The van der Waals surface area contributed by atoms with E-state index in [2.05, 4.69) is 17.2 Å². The van der Waals surface area contributed by atoms with Gasteiger partial charge in [-0.25, -0.2) is 0 Å². The number of hydrogen-bond donors (Lipinski definition) is 0. The summed E-state index contributed by atoms with van der Waals surface area (Å²) in [7, 11) is 3.53. The second kappa shape index (κ2) is 7.11. The topological polar surface area (TPSA) is 56.6 Å². The Bertz CT molecular complexity index is 795. The van der Waals surface area contributed by atoms with Gasteiger partial charge in [0.2, 0.25) is 0 Å². The van der Waals surface area contributed by atoms with Crippen LogP contribution in [0.15, 0.2) is 30.5 Å². The number of aryl methyl sites for hydroxylation is 1. The first-order chi connectivity index (χ1) is 12.7. The molecule has 0 N–H and O–H groups in total. The Hall–Kier alpha value is -2.34. The molecule has 4 rings (SSSR count). The molecule has 0 spiro atoms. The van der Waals surface area contributed by atoms with E-state index in [-0.39, 0.29) is 11.9 Å². The number of hydrogen-bond acceptors (Lipinski definition) is 4. The van der Waals surface area contributed by atoms with Crippen LogP contribution in [-0.2, 0) is 24.8 Å². The van der Waals surface area contributed by atoms with Crippen molar-refractivity contribution in [3.8, 4) is 5.75 Å². The fraction of sp³-hybridized carbons (Fsp3) is 0.500. The van der Waals surface area contributed by atoms with Crippen molar-refractivity contribution in [2.45, 2.75) is 31.8 Å². The number of aromatic nitrogens is 2. The molecular weight excluding hydrogens is 330 g/mol. The van der Waals surface area contributed by atoms with Crippen LogP contribution in [0.5, 0.6) is 5.75 Å². The van der Waals surface area contributed by atoms with Crippen molar-refractivity contribution in [3.63, 3.8) is 0 Å². The molecule has 2 aliphatic heterocycles. The molecule has 1 aromatic carbocycles. The lowest BCUT2D eigenvalue weighted by Crippen LogP contribution is -2.49. The maximum Gasteiger partial charge on any atom is 0.274 e. The lowest BCUT2D eigenvalue weighted by molar-refractivity contribution is 0.0177. The number of fused-ring (bicyclic) bond motifs is 1. The summed E-state index contributed by atoms with van der Waals surface area (Å²) in [6.45, 7) is 2.17. The quantitative estimate of drug-likeness (QED) is 0.848. The van der Waals surface area contributed by atoms with Gasteiger partial charge in [-0.3, -0.25) is 9.48 Å². The molecule has 1 amide bonds. The molecule has 2 aromatic rings. The average molecular weight is 355 g/mol. The van der Waals surface area contributed by atoms with Crippen molar-refractivity contribution in [2.24, 2.45) is 13.0 Å². The van der Waals surface area contributed by atoms with Crippen LogP contribution in [0, 0.1) is 5.92 Å². The zero-order valence-electron chi connectivity index (χ0n) is 15.4. The fourth-order valence-electron chi connectivity index (χ4n) is 4.13. The molecule has 0 radical (unpaired) electrons. The first-order valence-electron chi connectivity index (χ1n) is 9.20. The van der Waals surface area contributed by atoms with Crippen LogP contribution in [-0.4, -0.2) is 47.0 Å². The minimum atomic E-state index is 0.0172. The van der Waals surface area contributed by atoms with Crippen LogP contribution in [0.3, 0.4) is 0 Å². The van der Waals surface area contributed by atoms with Gasteiger partial charge >= 0.3 is 0 Å². The zero-order valence-corrected chi connectivity index (χ0v) is 15.4. The summed E-state index contributed by atoms with van der Waals surface area (Å²) in [5.74, 6) is 1.35. The third-order valence-corrected chi connectivity index (χ3v) is 5.59. The molecule has 6 nitrogen and oxygen atoms in total. The smallest absolute Gasteiger partial charge is 0.274 e. The third kappa shape index (κ3) is 3.21. The van der Waals surface area contributed by atoms with Crippen LogP contribution in [0.2, 0.25) is 0 Å². The molecule has 0 saturated carbocycles. The van der Waals surface area contributed by atoms with Crippen molar-refractivity contribution in [2.75, 3.05) is 20.3 Å². The molecule has 1 atom stereocenters. The van der Waals surface area contributed by atoms with E-state index in [9.17, 15) is 4.79 Å². The summed E-state index contributed by atoms with van der Waals surface area (Å²) >= 11 is 0. The van der Waals surface area contributed by atoms with Crippen LogP contribution < -0.4 is 4.74 Å². The molecule has 0 aliphatic carbocycles. The normalized spacial score (nSPS) is 20.7. The van der Waals surface area contributed by atoms with Gasteiger partial charge in [-0.1, -0.05) is 6.07 Å². The van der Waals surface area contributed by atoms with E-state index in [1.807, 2.05) is 24.2 Å². The first-order valence-corrected chi connectivity index (χ1v) is 9.20. The van der Waals surface area contributed by atoms with Gasteiger partial charge in [-0.2, -0.15) is 5.10 Å². The Morgan fingerprint density at radius 3 is 2.73 bits per heavy atom. The molecule has 1 saturated heterocycles. The van der Waals surface area contributed by atoms with Crippen molar-refractivity contribution in [3.05, 3.63) is 47.3 Å². The van der Waals surface area contributed by atoms with Gasteiger partial charge in [0.15, 0.2) is 0 Å². The number of nitrogens with zero attached hydrogens (tertiary/aromatic N) is 3. The van der Waals surface area contributed by atoms with Gasteiger partial charge in [0, 0.05) is 39.0 Å². The molecule has 3 heterocycles. The van der Waals surface area contributed by atoms with Gasteiger partial charge in [-0.15, -0.1) is 0 Å². The Morgan fingerprint density at radius 1 is 1.23 bits per heavy atom. The molecule has 6 heteroatoms. The average Bonchev–Trinajstić information content (AvgIpc) is 3.13. The second-order valence-electron chi connectivity index (χ2n) is 7.16. The molecule has 26 heavy (non-hydrogen) atoms. The SMILES string of the molecule is COc1ccc2c(c1)C[C@@H](C1CCOCC1)N(C(=O)c1ccn(C)n1)C2. The van der Waals surface area contributed by atoms with Gasteiger partial charge < -0.3 is 14.4 Å². The molecule has 1 aromatic heterocycles. The number of benzene rings is 1. The minimum absolute atomic E-state index is 0.0172. The highest BCUT2D eigenvalue weighted by molar-refractivity contribution is 5.92. The van der Waals surface area contributed by atoms with Crippen molar-refractivity contribution in [1.29, 1.82) is 0 Å². The van der Waals surface area contributed by atoms with Crippen molar-refractivity contribution >= 4 is 5.91 Å². The number of ether oxygens (including phenoxy) is 2. The van der Waals surface area contributed by atoms with Gasteiger partial charge in [0.05, 0.1) is 7.11 Å². The lowest BCUT2D eigenvalue weighted by Gasteiger charge is -2.42. The summed E-state index contributed by atoms with van der Waals surface area (Å²) in [4.78, 5) is 15.2. The Kier molecular flexibility index (Phi) is 4.68. The summed E-state index contributed by atoms with van der Waals surface area (Å²) in [5, 5.41) is 4.33. The number of amides is 1. The molecule has 0 bridgehead atoms. The van der Waals surface area contributed by atoms with Crippen LogP contribution in [0.1, 0.15) is 34.5 Å². The van der Waals surface area contributed by atoms with E-state index in [1.165, 1.54) is 11.1 Å². The predicted molar refractivity (Wildman–Crippen MR) is 97.1 cm³/mol. The maximum absolute atomic E-state index is 13.2. The van der Waals surface area contributed by atoms with Crippen LogP contribution in [0.25, 0.3) is 0 Å².